The molecule has 0 aliphatic rings. The van der Waals surface area contributed by atoms with Gasteiger partial charge in [-0.05, 0) is 35.7 Å². The minimum atomic E-state index is -0.977. The van der Waals surface area contributed by atoms with Crippen molar-refractivity contribution in [2.75, 3.05) is 11.1 Å². The standard InChI is InChI=1S/C11H10N2O2S/c12-8-6-7(11(14)15)3-4-9(8)13-10-2-1-5-16-10/h1-6,13H,12H2,(H,14,15). The summed E-state index contributed by atoms with van der Waals surface area (Å²) in [6.45, 7) is 0. The average Bonchev–Trinajstić information content (AvgIpc) is 2.73. The molecule has 2 rings (SSSR count). The number of carbonyl (C=O) groups is 1. The molecule has 2 aromatic rings. The van der Waals surface area contributed by atoms with E-state index in [0.717, 1.165) is 5.00 Å². The Morgan fingerprint density at radius 2 is 2.19 bits per heavy atom. The molecular formula is C11H10N2O2S. The van der Waals surface area contributed by atoms with E-state index in [0.29, 0.717) is 11.4 Å². The first-order chi connectivity index (χ1) is 7.66. The molecule has 0 saturated carbocycles. The van der Waals surface area contributed by atoms with E-state index in [1.54, 1.807) is 17.4 Å². The van der Waals surface area contributed by atoms with Crippen molar-refractivity contribution in [1.82, 2.24) is 0 Å². The monoisotopic (exact) mass is 234 g/mol. The number of thiophene rings is 1. The summed E-state index contributed by atoms with van der Waals surface area (Å²) in [5.74, 6) is -0.977. The Kier molecular flexibility index (Phi) is 2.78. The zero-order valence-corrected chi connectivity index (χ0v) is 9.12. The first-order valence-electron chi connectivity index (χ1n) is 4.60. The van der Waals surface area contributed by atoms with Crippen LogP contribution < -0.4 is 11.1 Å². The Balaban J connectivity index is 2.26. The summed E-state index contributed by atoms with van der Waals surface area (Å²) >= 11 is 1.55. The smallest absolute Gasteiger partial charge is 0.335 e. The highest BCUT2D eigenvalue weighted by Gasteiger charge is 2.06. The molecule has 0 unspecified atom stereocenters. The van der Waals surface area contributed by atoms with Crippen molar-refractivity contribution in [1.29, 1.82) is 0 Å². The first-order valence-corrected chi connectivity index (χ1v) is 5.48. The van der Waals surface area contributed by atoms with Gasteiger partial charge >= 0.3 is 5.97 Å². The van der Waals surface area contributed by atoms with Gasteiger partial charge in [-0.25, -0.2) is 4.79 Å². The SMILES string of the molecule is Nc1cc(C(=O)O)ccc1Nc1cccs1. The molecule has 16 heavy (non-hydrogen) atoms. The third kappa shape index (κ3) is 2.14. The van der Waals surface area contributed by atoms with E-state index in [9.17, 15) is 4.79 Å². The van der Waals surface area contributed by atoms with Crippen molar-refractivity contribution < 1.29 is 9.90 Å². The molecule has 1 heterocycles. The van der Waals surface area contributed by atoms with Crippen LogP contribution in [0.2, 0.25) is 0 Å². The predicted molar refractivity (Wildman–Crippen MR) is 65.4 cm³/mol. The molecule has 4 N–H and O–H groups in total. The number of hydrogen-bond acceptors (Lipinski definition) is 4. The van der Waals surface area contributed by atoms with Crippen LogP contribution in [-0.2, 0) is 0 Å². The fourth-order valence-corrected chi connectivity index (χ4v) is 1.92. The normalized spacial score (nSPS) is 10.0. The zero-order valence-electron chi connectivity index (χ0n) is 8.31. The maximum absolute atomic E-state index is 10.7. The molecule has 5 heteroatoms. The molecule has 0 bridgehead atoms. The predicted octanol–water partition coefficient (Wildman–Crippen LogP) is 2.77. The lowest BCUT2D eigenvalue weighted by molar-refractivity contribution is 0.0697. The second kappa shape index (κ2) is 4.24. The van der Waals surface area contributed by atoms with Gasteiger partial charge in [0.2, 0.25) is 0 Å². The van der Waals surface area contributed by atoms with E-state index in [-0.39, 0.29) is 5.56 Å². The van der Waals surface area contributed by atoms with E-state index >= 15 is 0 Å². The zero-order chi connectivity index (χ0) is 11.5. The van der Waals surface area contributed by atoms with Gasteiger partial charge in [-0.3, -0.25) is 0 Å². The van der Waals surface area contributed by atoms with Gasteiger partial charge in [-0.15, -0.1) is 11.3 Å². The number of aromatic carboxylic acids is 1. The van der Waals surface area contributed by atoms with Gasteiger partial charge in [-0.1, -0.05) is 0 Å². The van der Waals surface area contributed by atoms with Gasteiger partial charge in [0.1, 0.15) is 0 Å². The largest absolute Gasteiger partial charge is 0.478 e. The van der Waals surface area contributed by atoms with E-state index in [2.05, 4.69) is 5.32 Å². The number of benzene rings is 1. The highest BCUT2D eigenvalue weighted by atomic mass is 32.1. The molecular weight excluding hydrogens is 224 g/mol. The summed E-state index contributed by atoms with van der Waals surface area (Å²) in [5, 5.41) is 14.8. The molecule has 0 fully saturated rings. The van der Waals surface area contributed by atoms with Gasteiger partial charge in [0.05, 0.1) is 21.9 Å². The maximum Gasteiger partial charge on any atom is 0.335 e. The van der Waals surface area contributed by atoms with Crippen LogP contribution in [0.5, 0.6) is 0 Å². The summed E-state index contributed by atoms with van der Waals surface area (Å²) in [6.07, 6.45) is 0. The Hall–Kier alpha value is -2.01. The maximum atomic E-state index is 10.7. The minimum absolute atomic E-state index is 0.189. The second-order valence-corrected chi connectivity index (χ2v) is 4.16. The fraction of sp³-hybridized carbons (Fsp3) is 0. The van der Waals surface area contributed by atoms with E-state index < -0.39 is 5.97 Å². The van der Waals surface area contributed by atoms with Crippen LogP contribution in [0.25, 0.3) is 0 Å². The molecule has 0 spiro atoms. The van der Waals surface area contributed by atoms with Gasteiger partial charge in [-0.2, -0.15) is 0 Å². The Bertz CT molecular complexity index is 509. The Morgan fingerprint density at radius 1 is 1.38 bits per heavy atom. The van der Waals surface area contributed by atoms with Crippen LogP contribution in [0, 0.1) is 0 Å². The molecule has 4 nitrogen and oxygen atoms in total. The van der Waals surface area contributed by atoms with Crippen LogP contribution in [0.4, 0.5) is 16.4 Å². The lowest BCUT2D eigenvalue weighted by Gasteiger charge is -2.07. The molecule has 0 saturated heterocycles. The molecule has 1 aromatic heterocycles. The third-order valence-corrected chi connectivity index (χ3v) is 2.86. The van der Waals surface area contributed by atoms with Gasteiger partial charge < -0.3 is 16.2 Å². The first kappa shape index (κ1) is 10.5. The lowest BCUT2D eigenvalue weighted by Crippen LogP contribution is -2.00. The highest BCUT2D eigenvalue weighted by molar-refractivity contribution is 7.14. The number of nitrogens with one attached hydrogen (secondary N) is 1. The average molecular weight is 234 g/mol. The third-order valence-electron chi connectivity index (χ3n) is 2.08. The van der Waals surface area contributed by atoms with Gasteiger partial charge in [0, 0.05) is 0 Å². The van der Waals surface area contributed by atoms with Crippen LogP contribution in [-0.4, -0.2) is 11.1 Å². The van der Waals surface area contributed by atoms with E-state index in [1.165, 1.54) is 12.1 Å². The van der Waals surface area contributed by atoms with Crippen LogP contribution >= 0.6 is 11.3 Å². The number of rotatable bonds is 3. The molecule has 0 atom stereocenters. The Labute approximate surface area is 96.3 Å². The van der Waals surface area contributed by atoms with Gasteiger partial charge in [0.15, 0.2) is 0 Å². The minimum Gasteiger partial charge on any atom is -0.478 e. The van der Waals surface area contributed by atoms with E-state index in [1.807, 2.05) is 17.5 Å². The van der Waals surface area contributed by atoms with Crippen molar-refractivity contribution in [3.8, 4) is 0 Å². The fourth-order valence-electron chi connectivity index (χ4n) is 1.29. The van der Waals surface area contributed by atoms with Crippen molar-refractivity contribution in [2.24, 2.45) is 0 Å². The molecule has 82 valence electrons. The molecule has 0 amide bonds. The van der Waals surface area contributed by atoms with Crippen molar-refractivity contribution in [3.05, 3.63) is 41.3 Å². The van der Waals surface area contributed by atoms with Crippen molar-refractivity contribution in [2.45, 2.75) is 0 Å². The summed E-state index contributed by atoms with van der Waals surface area (Å²) < 4.78 is 0. The number of nitrogen functional groups attached to an aromatic ring is 1. The van der Waals surface area contributed by atoms with Crippen LogP contribution in [0.3, 0.4) is 0 Å². The summed E-state index contributed by atoms with van der Waals surface area (Å²) in [5.41, 5.74) is 7.08. The number of carboxylic acids is 1. The second-order valence-electron chi connectivity index (χ2n) is 3.21. The quantitative estimate of drug-likeness (QED) is 0.714. The number of anilines is 3. The number of carboxylic acid groups (broad SMARTS) is 1. The van der Waals surface area contributed by atoms with Gasteiger partial charge in [0.25, 0.3) is 0 Å². The van der Waals surface area contributed by atoms with Crippen LogP contribution in [0.15, 0.2) is 35.7 Å². The number of nitrogens with two attached hydrogens (primary N) is 1. The topological polar surface area (TPSA) is 75.4 Å². The summed E-state index contributed by atoms with van der Waals surface area (Å²) in [7, 11) is 0. The summed E-state index contributed by atoms with van der Waals surface area (Å²) in [4.78, 5) is 10.7. The molecule has 0 radical (unpaired) electrons. The Morgan fingerprint density at radius 3 is 2.75 bits per heavy atom. The summed E-state index contributed by atoms with van der Waals surface area (Å²) in [6, 6.07) is 8.48. The van der Waals surface area contributed by atoms with E-state index in [4.69, 9.17) is 10.8 Å². The van der Waals surface area contributed by atoms with Crippen molar-refractivity contribution >= 4 is 33.7 Å². The highest BCUT2D eigenvalue weighted by Crippen LogP contribution is 2.26. The lowest BCUT2D eigenvalue weighted by atomic mass is 10.2. The van der Waals surface area contributed by atoms with Crippen molar-refractivity contribution in [3.63, 3.8) is 0 Å². The molecule has 0 aliphatic heterocycles. The molecule has 0 aliphatic carbocycles. The van der Waals surface area contributed by atoms with Crippen LogP contribution in [0.1, 0.15) is 10.4 Å². The number of hydrogen-bond donors (Lipinski definition) is 3. The molecule has 1 aromatic carbocycles.